The zero-order valence-electron chi connectivity index (χ0n) is 13.8. The number of carbonyl (C=O) groups is 1. The summed E-state index contributed by atoms with van der Waals surface area (Å²) >= 11 is 12.2. The van der Waals surface area contributed by atoms with E-state index in [1.54, 1.807) is 18.2 Å². The summed E-state index contributed by atoms with van der Waals surface area (Å²) in [6.07, 6.45) is 3.80. The fourth-order valence-electron chi connectivity index (χ4n) is 3.83. The van der Waals surface area contributed by atoms with Crippen LogP contribution < -0.4 is 0 Å². The molecule has 0 saturated carbocycles. The van der Waals surface area contributed by atoms with E-state index in [1.807, 2.05) is 4.90 Å². The molecule has 2 aliphatic heterocycles. The molecule has 1 N–H and O–H groups in total. The van der Waals surface area contributed by atoms with Crippen LogP contribution in [0.3, 0.4) is 0 Å². The lowest BCUT2D eigenvalue weighted by Crippen LogP contribution is -2.37. The first kappa shape index (κ1) is 18.0. The van der Waals surface area contributed by atoms with Gasteiger partial charge in [-0.1, -0.05) is 35.7 Å². The molecule has 2 saturated heterocycles. The van der Waals surface area contributed by atoms with Crippen LogP contribution in [0.5, 0.6) is 0 Å². The van der Waals surface area contributed by atoms with E-state index in [0.717, 1.165) is 19.6 Å². The van der Waals surface area contributed by atoms with Gasteiger partial charge in [-0.3, -0.25) is 4.79 Å². The van der Waals surface area contributed by atoms with Gasteiger partial charge in [0.1, 0.15) is 0 Å². The molecule has 24 heavy (non-hydrogen) atoms. The molecular weight excluding hydrogens is 347 g/mol. The first-order valence-corrected chi connectivity index (χ1v) is 9.42. The highest BCUT2D eigenvalue weighted by atomic mass is 35.5. The predicted molar refractivity (Wildman–Crippen MR) is 96.7 cm³/mol. The van der Waals surface area contributed by atoms with Crippen LogP contribution in [0.1, 0.15) is 29.6 Å². The molecule has 0 bridgehead atoms. The van der Waals surface area contributed by atoms with Gasteiger partial charge < -0.3 is 14.9 Å². The third-order valence-corrected chi connectivity index (χ3v) is 6.04. The second kappa shape index (κ2) is 8.05. The molecule has 4 nitrogen and oxygen atoms in total. The summed E-state index contributed by atoms with van der Waals surface area (Å²) in [4.78, 5) is 17.1. The quantitative estimate of drug-likeness (QED) is 0.884. The average Bonchev–Trinajstić information content (AvgIpc) is 3.00. The molecule has 0 radical (unpaired) electrons. The monoisotopic (exact) mass is 370 g/mol. The van der Waals surface area contributed by atoms with Crippen molar-refractivity contribution in [3.63, 3.8) is 0 Å². The molecule has 2 aliphatic rings. The van der Waals surface area contributed by atoms with E-state index >= 15 is 0 Å². The van der Waals surface area contributed by atoms with Crippen molar-refractivity contribution in [1.29, 1.82) is 0 Å². The van der Waals surface area contributed by atoms with E-state index < -0.39 is 0 Å². The van der Waals surface area contributed by atoms with Crippen LogP contribution in [-0.2, 0) is 0 Å². The Morgan fingerprint density at radius 1 is 1.12 bits per heavy atom. The number of aliphatic hydroxyl groups is 1. The number of halogens is 2. The third-order valence-electron chi connectivity index (χ3n) is 5.22. The molecular formula is C18H24Cl2N2O2. The highest BCUT2D eigenvalue weighted by Gasteiger charge is 2.36. The number of hydrogen-bond donors (Lipinski definition) is 1. The average molecular weight is 371 g/mol. The van der Waals surface area contributed by atoms with Crippen molar-refractivity contribution in [2.24, 2.45) is 11.8 Å². The maximum Gasteiger partial charge on any atom is 0.255 e. The first-order valence-electron chi connectivity index (χ1n) is 8.66. The van der Waals surface area contributed by atoms with Gasteiger partial charge in [0.15, 0.2) is 0 Å². The van der Waals surface area contributed by atoms with Gasteiger partial charge in [0, 0.05) is 32.2 Å². The molecule has 6 heteroatoms. The van der Waals surface area contributed by atoms with Crippen LogP contribution >= 0.6 is 23.2 Å². The second-order valence-electron chi connectivity index (χ2n) is 6.88. The summed E-state index contributed by atoms with van der Waals surface area (Å²) in [5.74, 6) is 0.353. The third kappa shape index (κ3) is 3.88. The van der Waals surface area contributed by atoms with E-state index in [0.29, 0.717) is 34.6 Å². The molecule has 1 aromatic carbocycles. The number of nitrogens with zero attached hydrogens (tertiary/aromatic N) is 2. The van der Waals surface area contributed by atoms with Crippen LogP contribution in [0.4, 0.5) is 0 Å². The smallest absolute Gasteiger partial charge is 0.255 e. The highest BCUT2D eigenvalue weighted by molar-refractivity contribution is 6.43. The van der Waals surface area contributed by atoms with E-state index in [4.69, 9.17) is 23.2 Å². The minimum Gasteiger partial charge on any atom is -0.396 e. The van der Waals surface area contributed by atoms with E-state index in [9.17, 15) is 9.90 Å². The van der Waals surface area contributed by atoms with Crippen LogP contribution in [0.2, 0.25) is 10.0 Å². The SMILES string of the molecule is O=C(c1cccc(Cl)c1Cl)N1C[C@@H](CN2CCCCC2)[C@@H](CO)C1. The number of amides is 1. The molecule has 0 unspecified atom stereocenters. The van der Waals surface area contributed by atoms with Crippen LogP contribution in [0.25, 0.3) is 0 Å². The van der Waals surface area contributed by atoms with Crippen LogP contribution in [0, 0.1) is 11.8 Å². The van der Waals surface area contributed by atoms with E-state index in [1.165, 1.54) is 19.3 Å². The van der Waals surface area contributed by atoms with Gasteiger partial charge in [-0.05, 0) is 44.0 Å². The Labute approximate surface area is 153 Å². The standard InChI is InChI=1S/C18H24Cl2N2O2/c19-16-6-4-5-15(17(16)20)18(24)22-10-13(14(11-22)12-23)9-21-7-2-1-3-8-21/h4-6,13-14,23H,1-3,7-12H2/t13-,14-/m1/s1. The molecule has 0 aromatic heterocycles. The van der Waals surface area contributed by atoms with Gasteiger partial charge in [-0.2, -0.15) is 0 Å². The number of aliphatic hydroxyl groups excluding tert-OH is 1. The lowest BCUT2D eigenvalue weighted by Gasteiger charge is -2.30. The maximum absolute atomic E-state index is 12.8. The molecule has 1 amide bonds. The Kier molecular flexibility index (Phi) is 6.03. The van der Waals surface area contributed by atoms with Gasteiger partial charge >= 0.3 is 0 Å². The second-order valence-corrected chi connectivity index (χ2v) is 7.66. The summed E-state index contributed by atoms with van der Waals surface area (Å²) in [6, 6.07) is 5.13. The zero-order valence-corrected chi connectivity index (χ0v) is 15.3. The fourth-order valence-corrected chi connectivity index (χ4v) is 4.21. The molecule has 0 spiro atoms. The van der Waals surface area contributed by atoms with Gasteiger partial charge in [-0.15, -0.1) is 0 Å². The minimum atomic E-state index is -0.0953. The van der Waals surface area contributed by atoms with Gasteiger partial charge in [-0.25, -0.2) is 0 Å². The van der Waals surface area contributed by atoms with Crippen molar-refractivity contribution in [1.82, 2.24) is 9.80 Å². The van der Waals surface area contributed by atoms with Gasteiger partial charge in [0.05, 0.1) is 15.6 Å². The van der Waals surface area contributed by atoms with Crippen LogP contribution in [0.15, 0.2) is 18.2 Å². The van der Waals surface area contributed by atoms with Crippen molar-refractivity contribution in [3.05, 3.63) is 33.8 Å². The van der Waals surface area contributed by atoms with Gasteiger partial charge in [0.25, 0.3) is 5.91 Å². The van der Waals surface area contributed by atoms with Crippen LogP contribution in [-0.4, -0.2) is 60.1 Å². The Balaban J connectivity index is 1.68. The summed E-state index contributed by atoms with van der Waals surface area (Å²) in [5, 5.41) is 10.4. The molecule has 2 fully saturated rings. The van der Waals surface area contributed by atoms with Gasteiger partial charge in [0.2, 0.25) is 0 Å². The Bertz CT molecular complexity index is 590. The van der Waals surface area contributed by atoms with E-state index in [-0.39, 0.29) is 18.4 Å². The molecule has 0 aliphatic carbocycles. The largest absolute Gasteiger partial charge is 0.396 e. The summed E-state index contributed by atoms with van der Waals surface area (Å²) in [6.45, 7) is 4.58. The molecule has 1 aromatic rings. The number of carbonyl (C=O) groups excluding carboxylic acids is 1. The summed E-state index contributed by atoms with van der Waals surface area (Å²) in [7, 11) is 0. The Hall–Kier alpha value is -0.810. The zero-order chi connectivity index (χ0) is 17.1. The number of benzene rings is 1. The Morgan fingerprint density at radius 3 is 2.54 bits per heavy atom. The topological polar surface area (TPSA) is 43.8 Å². The van der Waals surface area contributed by atoms with Crippen molar-refractivity contribution in [2.45, 2.75) is 19.3 Å². The van der Waals surface area contributed by atoms with Crippen molar-refractivity contribution >= 4 is 29.1 Å². The normalized spacial score (nSPS) is 25.2. The number of hydrogen-bond acceptors (Lipinski definition) is 3. The highest BCUT2D eigenvalue weighted by Crippen LogP contribution is 2.30. The van der Waals surface area contributed by atoms with Crippen molar-refractivity contribution in [3.8, 4) is 0 Å². The predicted octanol–water partition coefficient (Wildman–Crippen LogP) is 3.16. The molecule has 2 heterocycles. The van der Waals surface area contributed by atoms with Crippen molar-refractivity contribution in [2.75, 3.05) is 39.3 Å². The number of likely N-dealkylation sites (tertiary alicyclic amines) is 2. The molecule has 132 valence electrons. The Morgan fingerprint density at radius 2 is 1.83 bits per heavy atom. The number of rotatable bonds is 4. The fraction of sp³-hybridized carbons (Fsp3) is 0.611. The minimum absolute atomic E-state index is 0.0953. The first-order chi connectivity index (χ1) is 11.6. The summed E-state index contributed by atoms with van der Waals surface area (Å²) in [5.41, 5.74) is 0.444. The van der Waals surface area contributed by atoms with Crippen molar-refractivity contribution < 1.29 is 9.90 Å². The lowest BCUT2D eigenvalue weighted by molar-refractivity contribution is 0.0778. The summed E-state index contributed by atoms with van der Waals surface area (Å²) < 4.78 is 0. The number of piperidine rings is 1. The maximum atomic E-state index is 12.8. The molecule has 2 atom stereocenters. The lowest BCUT2D eigenvalue weighted by atomic mass is 9.95. The molecule has 3 rings (SSSR count). The van der Waals surface area contributed by atoms with E-state index in [2.05, 4.69) is 4.90 Å².